The van der Waals surface area contributed by atoms with E-state index in [1.165, 1.54) is 4.90 Å². The summed E-state index contributed by atoms with van der Waals surface area (Å²) < 4.78 is 7.02. The maximum atomic E-state index is 13.8. The molecule has 2 fully saturated rings. The van der Waals surface area contributed by atoms with Crippen LogP contribution in [-0.4, -0.2) is 63.9 Å². The van der Waals surface area contributed by atoms with Gasteiger partial charge in [-0.3, -0.25) is 19.3 Å². The van der Waals surface area contributed by atoms with Gasteiger partial charge in [0.25, 0.3) is 0 Å². The fourth-order valence-electron chi connectivity index (χ4n) is 5.24. The summed E-state index contributed by atoms with van der Waals surface area (Å²) in [5.74, 6) is 0.0242. The monoisotopic (exact) mass is 486 g/mol. The van der Waals surface area contributed by atoms with Gasteiger partial charge in [0.1, 0.15) is 5.82 Å². The first-order valence-electron chi connectivity index (χ1n) is 11.7. The van der Waals surface area contributed by atoms with Crippen LogP contribution in [0.1, 0.15) is 56.0 Å². The van der Waals surface area contributed by atoms with E-state index in [4.69, 9.17) is 16.3 Å². The number of hydrogen-bond donors (Lipinski definition) is 0. The Morgan fingerprint density at radius 1 is 1.26 bits per heavy atom. The smallest absolute Gasteiger partial charge is 0.240 e. The summed E-state index contributed by atoms with van der Waals surface area (Å²) in [5.41, 5.74) is -0.786. The molecule has 34 heavy (non-hydrogen) atoms. The van der Waals surface area contributed by atoms with Crippen LogP contribution < -0.4 is 0 Å². The van der Waals surface area contributed by atoms with Crippen molar-refractivity contribution in [1.82, 2.24) is 19.4 Å². The molecule has 0 saturated carbocycles. The fourth-order valence-corrected chi connectivity index (χ4v) is 5.56. The van der Waals surface area contributed by atoms with Gasteiger partial charge in [-0.15, -0.1) is 0 Å². The molecule has 0 N–H and O–H groups in total. The zero-order valence-corrected chi connectivity index (χ0v) is 20.5. The highest BCUT2D eigenvalue weighted by atomic mass is 35.5. The molecule has 0 spiro atoms. The predicted molar refractivity (Wildman–Crippen MR) is 127 cm³/mol. The lowest BCUT2D eigenvalue weighted by Crippen LogP contribution is -2.46. The highest BCUT2D eigenvalue weighted by Gasteiger charge is 2.55. The topological polar surface area (TPSA) is 84.7 Å². The lowest BCUT2D eigenvalue weighted by atomic mass is 9.75. The number of carbonyl (C=O) groups is 3. The van der Waals surface area contributed by atoms with Crippen molar-refractivity contribution in [1.29, 1.82) is 0 Å². The van der Waals surface area contributed by atoms with Gasteiger partial charge in [0.05, 0.1) is 11.5 Å². The lowest BCUT2D eigenvalue weighted by molar-refractivity contribution is -0.144. The molecule has 182 valence electrons. The molecule has 3 amide bonds. The quantitative estimate of drug-likeness (QED) is 0.422. The van der Waals surface area contributed by atoms with Gasteiger partial charge in [-0.2, -0.15) is 0 Å². The fraction of sp³-hybridized carbons (Fsp3) is 0.520. The standard InChI is InChI=1S/C25H31ClN4O4/c1-28-14-11-27-23(28)20-10-5-6-12-29(20)21(31)16-25(18-8-3-4-9-19(18)26)17-22(32)30(24(25)33)13-7-15-34-2/h3-4,8-9,11,14,20H,5-7,10,12-13,15-17H2,1-2H3. The minimum absolute atomic E-state index is 0.0742. The van der Waals surface area contributed by atoms with Crippen LogP contribution in [0.2, 0.25) is 5.02 Å². The SMILES string of the molecule is COCCCN1C(=O)CC(CC(=O)N2CCCCC2c2nccn2C)(c2ccccc2Cl)C1=O. The van der Waals surface area contributed by atoms with Gasteiger partial charge in [0, 0.05) is 64.1 Å². The Morgan fingerprint density at radius 3 is 2.76 bits per heavy atom. The predicted octanol–water partition coefficient (Wildman–Crippen LogP) is 3.25. The third kappa shape index (κ3) is 4.49. The van der Waals surface area contributed by atoms with Crippen molar-refractivity contribution < 1.29 is 19.1 Å². The first-order chi connectivity index (χ1) is 16.4. The number of imide groups is 1. The summed E-state index contributed by atoms with van der Waals surface area (Å²) in [6.07, 6.45) is 6.66. The van der Waals surface area contributed by atoms with Gasteiger partial charge in [0.15, 0.2) is 0 Å². The molecule has 2 unspecified atom stereocenters. The normalized spacial score (nSPS) is 23.1. The molecular formula is C25H31ClN4O4. The number of nitrogens with zero attached hydrogens (tertiary/aromatic N) is 4. The molecule has 0 bridgehead atoms. The summed E-state index contributed by atoms with van der Waals surface area (Å²) in [7, 11) is 3.50. The van der Waals surface area contributed by atoms with Gasteiger partial charge in [-0.05, 0) is 37.3 Å². The van der Waals surface area contributed by atoms with Crippen molar-refractivity contribution in [3.8, 4) is 0 Å². The molecule has 1 aromatic heterocycles. The number of aryl methyl sites for hydroxylation is 1. The van der Waals surface area contributed by atoms with E-state index in [2.05, 4.69) is 4.98 Å². The van der Waals surface area contributed by atoms with Crippen LogP contribution in [0.25, 0.3) is 0 Å². The second-order valence-electron chi connectivity index (χ2n) is 9.11. The molecule has 8 nitrogen and oxygen atoms in total. The van der Waals surface area contributed by atoms with Crippen LogP contribution in [0.5, 0.6) is 0 Å². The number of ether oxygens (including phenoxy) is 1. The number of amides is 3. The molecular weight excluding hydrogens is 456 g/mol. The summed E-state index contributed by atoms with van der Waals surface area (Å²) in [6, 6.07) is 6.86. The van der Waals surface area contributed by atoms with Gasteiger partial charge >= 0.3 is 0 Å². The molecule has 2 atom stereocenters. The first kappa shape index (κ1) is 24.4. The van der Waals surface area contributed by atoms with Gasteiger partial charge in [-0.25, -0.2) is 4.98 Å². The van der Waals surface area contributed by atoms with Crippen molar-refractivity contribution in [3.05, 3.63) is 53.1 Å². The zero-order chi connectivity index (χ0) is 24.3. The van der Waals surface area contributed by atoms with Crippen LogP contribution in [0.4, 0.5) is 0 Å². The highest BCUT2D eigenvalue weighted by Crippen LogP contribution is 2.44. The Bertz CT molecular complexity index is 1070. The van der Waals surface area contributed by atoms with E-state index < -0.39 is 5.41 Å². The molecule has 0 radical (unpaired) electrons. The van der Waals surface area contributed by atoms with E-state index in [9.17, 15) is 14.4 Å². The third-order valence-electron chi connectivity index (χ3n) is 6.96. The van der Waals surface area contributed by atoms with Crippen molar-refractivity contribution >= 4 is 29.3 Å². The summed E-state index contributed by atoms with van der Waals surface area (Å²) in [6.45, 7) is 1.29. The molecule has 0 aliphatic carbocycles. The summed E-state index contributed by atoms with van der Waals surface area (Å²) >= 11 is 6.54. The van der Waals surface area contributed by atoms with Crippen LogP contribution in [-0.2, 0) is 31.6 Å². The molecule has 2 saturated heterocycles. The third-order valence-corrected chi connectivity index (χ3v) is 7.29. The minimum Gasteiger partial charge on any atom is -0.385 e. The number of benzene rings is 1. The zero-order valence-electron chi connectivity index (χ0n) is 19.7. The maximum absolute atomic E-state index is 13.8. The van der Waals surface area contributed by atoms with Crippen molar-refractivity contribution in [2.75, 3.05) is 26.8 Å². The molecule has 9 heteroatoms. The van der Waals surface area contributed by atoms with Crippen LogP contribution in [0, 0.1) is 0 Å². The van der Waals surface area contributed by atoms with Crippen molar-refractivity contribution in [2.45, 2.75) is 50.0 Å². The van der Waals surface area contributed by atoms with E-state index in [0.717, 1.165) is 25.1 Å². The molecule has 2 aliphatic rings. The van der Waals surface area contributed by atoms with E-state index in [0.29, 0.717) is 30.2 Å². The van der Waals surface area contributed by atoms with E-state index in [1.807, 2.05) is 22.7 Å². The second kappa shape index (κ2) is 10.3. The second-order valence-corrected chi connectivity index (χ2v) is 9.51. The van der Waals surface area contributed by atoms with Crippen molar-refractivity contribution in [3.63, 3.8) is 0 Å². The van der Waals surface area contributed by atoms with E-state index >= 15 is 0 Å². The number of halogens is 1. The number of rotatable bonds is 8. The Morgan fingerprint density at radius 2 is 2.06 bits per heavy atom. The number of aromatic nitrogens is 2. The van der Waals surface area contributed by atoms with E-state index in [1.54, 1.807) is 37.6 Å². The molecule has 2 aromatic rings. The largest absolute Gasteiger partial charge is 0.385 e. The first-order valence-corrected chi connectivity index (χ1v) is 12.1. The molecule has 3 heterocycles. The van der Waals surface area contributed by atoms with Crippen molar-refractivity contribution in [2.24, 2.45) is 7.05 Å². The number of imidazole rings is 1. The Balaban J connectivity index is 1.67. The molecule has 2 aliphatic heterocycles. The summed E-state index contributed by atoms with van der Waals surface area (Å²) in [4.78, 5) is 48.2. The molecule has 1 aromatic carbocycles. The molecule has 4 rings (SSSR count). The number of hydrogen-bond acceptors (Lipinski definition) is 5. The Labute approximate surface area is 204 Å². The number of piperidine rings is 1. The highest BCUT2D eigenvalue weighted by molar-refractivity contribution is 6.32. The number of methoxy groups -OCH3 is 1. The maximum Gasteiger partial charge on any atom is 0.240 e. The Hall–Kier alpha value is -2.71. The van der Waals surface area contributed by atoms with Gasteiger partial charge in [-0.1, -0.05) is 29.8 Å². The van der Waals surface area contributed by atoms with E-state index in [-0.39, 0.29) is 43.1 Å². The lowest BCUT2D eigenvalue weighted by Gasteiger charge is -2.37. The van der Waals surface area contributed by atoms with Crippen LogP contribution >= 0.6 is 11.6 Å². The van der Waals surface area contributed by atoms with Crippen LogP contribution in [0.3, 0.4) is 0 Å². The summed E-state index contributed by atoms with van der Waals surface area (Å²) in [5, 5.41) is 0.384. The Kier molecular flexibility index (Phi) is 7.38. The number of carbonyl (C=O) groups excluding carboxylic acids is 3. The van der Waals surface area contributed by atoms with Gasteiger partial charge in [0.2, 0.25) is 17.7 Å². The minimum atomic E-state index is -1.32. The van der Waals surface area contributed by atoms with Gasteiger partial charge < -0.3 is 14.2 Å². The average Bonchev–Trinajstić information content (AvgIpc) is 3.36. The number of likely N-dealkylation sites (tertiary alicyclic amines) is 2. The van der Waals surface area contributed by atoms with Crippen LogP contribution in [0.15, 0.2) is 36.7 Å². The average molecular weight is 487 g/mol.